The Kier molecular flexibility index (Phi) is 6.26. The van der Waals surface area contributed by atoms with Gasteiger partial charge in [-0.25, -0.2) is 5.01 Å². The van der Waals surface area contributed by atoms with E-state index < -0.39 is 0 Å². The van der Waals surface area contributed by atoms with Crippen LogP contribution in [0.2, 0.25) is 0 Å². The van der Waals surface area contributed by atoms with Gasteiger partial charge < -0.3 is 18.9 Å². The number of hydrogen-bond acceptors (Lipinski definition) is 6. The minimum absolute atomic E-state index is 0.0673. The van der Waals surface area contributed by atoms with Crippen molar-refractivity contribution in [1.29, 1.82) is 0 Å². The van der Waals surface area contributed by atoms with Crippen LogP contribution in [0, 0.1) is 0 Å². The molecule has 0 bridgehead atoms. The third-order valence-electron chi connectivity index (χ3n) is 4.98. The molecule has 1 aliphatic heterocycles. The lowest BCUT2D eigenvalue weighted by atomic mass is 9.96. The lowest BCUT2D eigenvalue weighted by Gasteiger charge is -2.23. The Labute approximate surface area is 170 Å². The highest BCUT2D eigenvalue weighted by Crippen LogP contribution is 2.41. The highest BCUT2D eigenvalue weighted by molar-refractivity contribution is 6.05. The summed E-state index contributed by atoms with van der Waals surface area (Å²) in [5.41, 5.74) is 2.44. The Balaban J connectivity index is 2.06. The fourth-order valence-electron chi connectivity index (χ4n) is 3.44. The maximum atomic E-state index is 12.7. The van der Waals surface area contributed by atoms with Crippen LogP contribution in [-0.2, 0) is 4.79 Å². The van der Waals surface area contributed by atoms with Crippen LogP contribution in [0.15, 0.2) is 41.5 Å². The first-order chi connectivity index (χ1) is 14.1. The molecule has 154 valence electrons. The van der Waals surface area contributed by atoms with Crippen molar-refractivity contribution in [2.24, 2.45) is 5.10 Å². The van der Waals surface area contributed by atoms with Crippen molar-refractivity contribution in [1.82, 2.24) is 5.01 Å². The number of nitrogens with zero attached hydrogens (tertiary/aromatic N) is 2. The number of hydrogen-bond donors (Lipinski definition) is 0. The topological polar surface area (TPSA) is 69.6 Å². The van der Waals surface area contributed by atoms with E-state index in [1.54, 1.807) is 28.4 Å². The zero-order valence-corrected chi connectivity index (χ0v) is 17.4. The Morgan fingerprint density at radius 1 is 0.966 bits per heavy atom. The molecule has 0 saturated carbocycles. The van der Waals surface area contributed by atoms with Crippen LogP contribution in [-0.4, -0.2) is 45.1 Å². The fraction of sp³-hybridized carbons (Fsp3) is 0.364. The number of amides is 1. The minimum atomic E-state index is -0.297. The predicted octanol–water partition coefficient (Wildman–Crippen LogP) is 3.81. The van der Waals surface area contributed by atoms with Crippen LogP contribution >= 0.6 is 0 Å². The second kappa shape index (κ2) is 8.86. The molecule has 29 heavy (non-hydrogen) atoms. The molecule has 0 aromatic heterocycles. The molecule has 0 fully saturated rings. The van der Waals surface area contributed by atoms with E-state index in [-0.39, 0.29) is 11.9 Å². The van der Waals surface area contributed by atoms with Crippen molar-refractivity contribution in [3.63, 3.8) is 0 Å². The first kappa shape index (κ1) is 20.5. The van der Waals surface area contributed by atoms with E-state index in [0.29, 0.717) is 35.8 Å². The molecule has 7 heteroatoms. The van der Waals surface area contributed by atoms with Gasteiger partial charge in [-0.1, -0.05) is 6.92 Å². The number of ether oxygens (including phenoxy) is 4. The van der Waals surface area contributed by atoms with Gasteiger partial charge in [-0.05, 0) is 30.3 Å². The molecular formula is C22H26N2O5. The van der Waals surface area contributed by atoms with Crippen molar-refractivity contribution in [2.45, 2.75) is 25.8 Å². The summed E-state index contributed by atoms with van der Waals surface area (Å²) in [7, 11) is 6.43. The lowest BCUT2D eigenvalue weighted by Crippen LogP contribution is -2.26. The quantitative estimate of drug-likeness (QED) is 0.709. The van der Waals surface area contributed by atoms with Gasteiger partial charge in [0.2, 0.25) is 5.91 Å². The van der Waals surface area contributed by atoms with Crippen LogP contribution in [0.4, 0.5) is 0 Å². The maximum Gasteiger partial charge on any atom is 0.242 e. The molecule has 1 amide bonds. The van der Waals surface area contributed by atoms with Gasteiger partial charge in [0.25, 0.3) is 0 Å². The van der Waals surface area contributed by atoms with Crippen molar-refractivity contribution in [3.05, 3.63) is 47.5 Å². The van der Waals surface area contributed by atoms with Gasteiger partial charge >= 0.3 is 0 Å². The summed E-state index contributed by atoms with van der Waals surface area (Å²) in [5, 5.41) is 6.20. The lowest BCUT2D eigenvalue weighted by molar-refractivity contribution is -0.132. The Morgan fingerprint density at radius 2 is 1.62 bits per heavy atom. The summed E-state index contributed by atoms with van der Waals surface area (Å²) in [4.78, 5) is 12.7. The molecule has 0 unspecified atom stereocenters. The second-order valence-electron chi connectivity index (χ2n) is 6.53. The van der Waals surface area contributed by atoms with Gasteiger partial charge in [-0.15, -0.1) is 0 Å². The molecule has 2 aromatic carbocycles. The Bertz CT molecular complexity index is 925. The summed E-state index contributed by atoms with van der Waals surface area (Å²) in [5.74, 6) is 2.65. The number of rotatable bonds is 7. The molecule has 0 spiro atoms. The van der Waals surface area contributed by atoms with Crippen molar-refractivity contribution in [3.8, 4) is 23.0 Å². The van der Waals surface area contributed by atoms with E-state index in [0.717, 1.165) is 16.8 Å². The molecule has 0 aliphatic carbocycles. The summed E-state index contributed by atoms with van der Waals surface area (Å²) in [6.07, 6.45) is 0.872. The number of hydrazone groups is 1. The van der Waals surface area contributed by atoms with Gasteiger partial charge in [0, 0.05) is 30.0 Å². The van der Waals surface area contributed by atoms with Crippen molar-refractivity contribution in [2.75, 3.05) is 28.4 Å². The standard InChI is InChI=1S/C22H26N2O5/c1-6-22(25)24-19(17-11-14(26-2)8-10-20(17)28-4)13-18(23-24)16-9-7-15(27-3)12-21(16)29-5/h7-12,19H,6,13H2,1-5H3/t19-/m0/s1. The summed E-state index contributed by atoms with van der Waals surface area (Å²) in [6, 6.07) is 10.8. The van der Waals surface area contributed by atoms with Gasteiger partial charge in [0.05, 0.1) is 40.2 Å². The third kappa shape index (κ3) is 3.99. The predicted molar refractivity (Wildman–Crippen MR) is 110 cm³/mol. The van der Waals surface area contributed by atoms with Gasteiger partial charge in [0.1, 0.15) is 23.0 Å². The normalized spacial score (nSPS) is 15.7. The van der Waals surface area contributed by atoms with Crippen LogP contribution in [0.25, 0.3) is 0 Å². The molecular weight excluding hydrogens is 372 g/mol. The van der Waals surface area contributed by atoms with E-state index in [4.69, 9.17) is 18.9 Å². The largest absolute Gasteiger partial charge is 0.497 e. The molecule has 3 rings (SSSR count). The van der Waals surface area contributed by atoms with Gasteiger partial charge in [0.15, 0.2) is 0 Å². The minimum Gasteiger partial charge on any atom is -0.497 e. The average molecular weight is 398 g/mol. The summed E-state index contributed by atoms with van der Waals surface area (Å²) >= 11 is 0. The fourth-order valence-corrected chi connectivity index (χ4v) is 3.44. The van der Waals surface area contributed by atoms with E-state index in [2.05, 4.69) is 5.10 Å². The average Bonchev–Trinajstić information content (AvgIpc) is 3.22. The Hall–Kier alpha value is -3.22. The van der Waals surface area contributed by atoms with Crippen molar-refractivity contribution >= 4 is 11.6 Å². The zero-order valence-electron chi connectivity index (χ0n) is 17.4. The number of carbonyl (C=O) groups excluding carboxylic acids is 1. The first-order valence-electron chi connectivity index (χ1n) is 9.40. The summed E-state index contributed by atoms with van der Waals surface area (Å²) < 4.78 is 21.7. The summed E-state index contributed by atoms with van der Waals surface area (Å²) in [6.45, 7) is 1.82. The molecule has 1 heterocycles. The second-order valence-corrected chi connectivity index (χ2v) is 6.53. The molecule has 0 N–H and O–H groups in total. The molecule has 7 nitrogen and oxygen atoms in total. The van der Waals surface area contributed by atoms with Gasteiger partial charge in [-0.3, -0.25) is 4.79 Å². The first-order valence-corrected chi connectivity index (χ1v) is 9.40. The number of carbonyl (C=O) groups is 1. The molecule has 0 radical (unpaired) electrons. The van der Waals surface area contributed by atoms with Crippen molar-refractivity contribution < 1.29 is 23.7 Å². The molecule has 2 aromatic rings. The van der Waals surface area contributed by atoms with Crippen LogP contribution in [0.3, 0.4) is 0 Å². The van der Waals surface area contributed by atoms with E-state index in [1.165, 1.54) is 5.01 Å². The van der Waals surface area contributed by atoms with Gasteiger partial charge in [-0.2, -0.15) is 5.10 Å². The molecule has 0 saturated heterocycles. The number of benzene rings is 2. The molecule has 1 atom stereocenters. The smallest absolute Gasteiger partial charge is 0.242 e. The van der Waals surface area contributed by atoms with Crippen LogP contribution < -0.4 is 18.9 Å². The highest BCUT2D eigenvalue weighted by Gasteiger charge is 2.35. The SMILES string of the molecule is CCC(=O)N1N=C(c2ccc(OC)cc2OC)C[C@H]1c1cc(OC)ccc1OC. The highest BCUT2D eigenvalue weighted by atomic mass is 16.5. The van der Waals surface area contributed by atoms with Crippen LogP contribution in [0.5, 0.6) is 23.0 Å². The van der Waals surface area contributed by atoms with E-state index in [1.807, 2.05) is 43.3 Å². The third-order valence-corrected chi connectivity index (χ3v) is 4.98. The van der Waals surface area contributed by atoms with Crippen LogP contribution in [0.1, 0.15) is 36.9 Å². The molecule has 1 aliphatic rings. The van der Waals surface area contributed by atoms with E-state index >= 15 is 0 Å². The van der Waals surface area contributed by atoms with E-state index in [9.17, 15) is 4.79 Å². The monoisotopic (exact) mass is 398 g/mol. The zero-order chi connectivity index (χ0) is 21.0. The number of methoxy groups -OCH3 is 4. The Morgan fingerprint density at radius 3 is 2.24 bits per heavy atom. The maximum absolute atomic E-state index is 12.7.